The summed E-state index contributed by atoms with van der Waals surface area (Å²) in [6.07, 6.45) is 3.05. The molecule has 1 unspecified atom stereocenters. The molecular formula is C10H12ClN. The molecule has 0 aliphatic heterocycles. The Balaban J connectivity index is 2.26. The summed E-state index contributed by atoms with van der Waals surface area (Å²) in [4.78, 5) is 3.96. The van der Waals surface area contributed by atoms with E-state index in [9.17, 15) is 0 Å². The summed E-state index contributed by atoms with van der Waals surface area (Å²) < 4.78 is 0. The number of hydrogen-bond acceptors (Lipinski definition) is 1. The van der Waals surface area contributed by atoms with Crippen LogP contribution in [0.2, 0.25) is 5.15 Å². The van der Waals surface area contributed by atoms with Crippen LogP contribution < -0.4 is 0 Å². The van der Waals surface area contributed by atoms with Crippen molar-refractivity contribution >= 4 is 11.6 Å². The second kappa shape index (κ2) is 2.46. The maximum absolute atomic E-state index is 5.80. The minimum Gasteiger partial charge on any atom is -0.245 e. The normalized spacial score (nSPS) is 25.4. The van der Waals surface area contributed by atoms with Gasteiger partial charge in [0.05, 0.1) is 0 Å². The quantitative estimate of drug-likeness (QED) is 0.607. The Morgan fingerprint density at radius 1 is 1.58 bits per heavy atom. The standard InChI is InChI=1S/C10H12ClN/c1-10(2)6-8(10)7-3-4-12-9(11)5-7/h3-5,8H,6H2,1-2H3. The topological polar surface area (TPSA) is 12.9 Å². The van der Waals surface area contributed by atoms with Gasteiger partial charge in [0.15, 0.2) is 0 Å². The highest BCUT2D eigenvalue weighted by Gasteiger charge is 2.46. The molecule has 1 atom stereocenters. The van der Waals surface area contributed by atoms with Gasteiger partial charge in [-0.05, 0) is 35.4 Å². The van der Waals surface area contributed by atoms with Crippen LogP contribution in [0.5, 0.6) is 0 Å². The van der Waals surface area contributed by atoms with Gasteiger partial charge in [-0.2, -0.15) is 0 Å². The monoisotopic (exact) mass is 181 g/mol. The number of aromatic nitrogens is 1. The van der Waals surface area contributed by atoms with E-state index in [4.69, 9.17) is 11.6 Å². The van der Waals surface area contributed by atoms with Crippen molar-refractivity contribution < 1.29 is 0 Å². The molecule has 0 bridgehead atoms. The van der Waals surface area contributed by atoms with Crippen LogP contribution in [-0.2, 0) is 0 Å². The van der Waals surface area contributed by atoms with Gasteiger partial charge in [0.2, 0.25) is 0 Å². The highest BCUT2D eigenvalue weighted by Crippen LogP contribution is 2.58. The lowest BCUT2D eigenvalue weighted by molar-refractivity contribution is 0.621. The van der Waals surface area contributed by atoms with Crippen molar-refractivity contribution in [1.82, 2.24) is 4.98 Å². The predicted octanol–water partition coefficient (Wildman–Crippen LogP) is 3.25. The smallest absolute Gasteiger partial charge is 0.129 e. The van der Waals surface area contributed by atoms with Crippen LogP contribution in [0.25, 0.3) is 0 Å². The molecule has 1 heterocycles. The fourth-order valence-electron chi connectivity index (χ4n) is 1.67. The lowest BCUT2D eigenvalue weighted by Gasteiger charge is -2.02. The molecule has 1 aromatic heterocycles. The molecule has 0 N–H and O–H groups in total. The summed E-state index contributed by atoms with van der Waals surface area (Å²) in [6.45, 7) is 4.57. The number of rotatable bonds is 1. The van der Waals surface area contributed by atoms with Crippen molar-refractivity contribution in [2.75, 3.05) is 0 Å². The Hall–Kier alpha value is -0.560. The summed E-state index contributed by atoms with van der Waals surface area (Å²) in [7, 11) is 0. The van der Waals surface area contributed by atoms with Crippen LogP contribution >= 0.6 is 11.6 Å². The molecule has 1 nitrogen and oxygen atoms in total. The van der Waals surface area contributed by atoms with Gasteiger partial charge in [-0.1, -0.05) is 25.4 Å². The molecule has 0 amide bonds. The largest absolute Gasteiger partial charge is 0.245 e. The lowest BCUT2D eigenvalue weighted by Crippen LogP contribution is -1.90. The predicted molar refractivity (Wildman–Crippen MR) is 50.4 cm³/mol. The maximum Gasteiger partial charge on any atom is 0.129 e. The summed E-state index contributed by atoms with van der Waals surface area (Å²) in [5.74, 6) is 0.693. The van der Waals surface area contributed by atoms with Gasteiger partial charge in [-0.15, -0.1) is 0 Å². The van der Waals surface area contributed by atoms with Crippen molar-refractivity contribution in [1.29, 1.82) is 0 Å². The first kappa shape index (κ1) is 8.06. The van der Waals surface area contributed by atoms with Crippen LogP contribution in [0.3, 0.4) is 0 Å². The second-order valence-corrected chi connectivity index (χ2v) is 4.54. The molecule has 1 aromatic rings. The summed E-state index contributed by atoms with van der Waals surface area (Å²) >= 11 is 5.80. The van der Waals surface area contributed by atoms with Gasteiger partial charge in [-0.25, -0.2) is 4.98 Å². The third-order valence-electron chi connectivity index (χ3n) is 2.67. The van der Waals surface area contributed by atoms with Crippen LogP contribution in [0, 0.1) is 5.41 Å². The van der Waals surface area contributed by atoms with Crippen LogP contribution in [0.1, 0.15) is 31.7 Å². The molecule has 1 aliphatic carbocycles. The molecule has 0 spiro atoms. The van der Waals surface area contributed by atoms with E-state index in [1.54, 1.807) is 6.20 Å². The van der Waals surface area contributed by atoms with Gasteiger partial charge in [0.25, 0.3) is 0 Å². The van der Waals surface area contributed by atoms with Crippen molar-refractivity contribution in [2.24, 2.45) is 5.41 Å². The first-order chi connectivity index (χ1) is 5.59. The van der Waals surface area contributed by atoms with E-state index >= 15 is 0 Å². The molecule has 64 valence electrons. The Morgan fingerprint density at radius 2 is 2.25 bits per heavy atom. The van der Waals surface area contributed by atoms with Crippen LogP contribution in [0.15, 0.2) is 18.3 Å². The fraction of sp³-hybridized carbons (Fsp3) is 0.500. The van der Waals surface area contributed by atoms with Crippen molar-refractivity contribution in [3.8, 4) is 0 Å². The summed E-state index contributed by atoms with van der Waals surface area (Å²) in [5, 5.41) is 0.607. The van der Waals surface area contributed by atoms with Crippen LogP contribution in [-0.4, -0.2) is 4.98 Å². The molecule has 0 aromatic carbocycles. The zero-order valence-corrected chi connectivity index (χ0v) is 8.10. The molecule has 0 radical (unpaired) electrons. The highest BCUT2D eigenvalue weighted by molar-refractivity contribution is 6.29. The summed E-state index contributed by atoms with van der Waals surface area (Å²) in [6, 6.07) is 4.03. The van der Waals surface area contributed by atoms with Crippen molar-refractivity contribution in [2.45, 2.75) is 26.2 Å². The first-order valence-corrected chi connectivity index (χ1v) is 4.59. The van der Waals surface area contributed by atoms with E-state index in [2.05, 4.69) is 24.9 Å². The molecule has 1 aliphatic rings. The third kappa shape index (κ3) is 1.34. The lowest BCUT2D eigenvalue weighted by atomic mass is 10.0. The average molecular weight is 182 g/mol. The molecule has 1 saturated carbocycles. The van der Waals surface area contributed by atoms with E-state index < -0.39 is 0 Å². The second-order valence-electron chi connectivity index (χ2n) is 4.16. The highest BCUT2D eigenvalue weighted by atomic mass is 35.5. The zero-order valence-electron chi connectivity index (χ0n) is 7.34. The Bertz CT molecular complexity index is 306. The Kier molecular flexibility index (Phi) is 1.65. The maximum atomic E-state index is 5.80. The minimum absolute atomic E-state index is 0.477. The first-order valence-electron chi connectivity index (χ1n) is 4.21. The Labute approximate surface area is 77.8 Å². The van der Waals surface area contributed by atoms with E-state index in [1.165, 1.54) is 12.0 Å². The zero-order chi connectivity index (χ0) is 8.77. The van der Waals surface area contributed by atoms with E-state index in [0.29, 0.717) is 16.5 Å². The van der Waals surface area contributed by atoms with Gasteiger partial charge in [-0.3, -0.25) is 0 Å². The molecular weight excluding hydrogens is 170 g/mol. The third-order valence-corrected chi connectivity index (χ3v) is 2.87. The number of halogens is 1. The molecule has 12 heavy (non-hydrogen) atoms. The Morgan fingerprint density at radius 3 is 2.75 bits per heavy atom. The average Bonchev–Trinajstić information content (AvgIpc) is 2.60. The molecule has 0 saturated heterocycles. The van der Waals surface area contributed by atoms with Gasteiger partial charge in [0.1, 0.15) is 5.15 Å². The molecule has 2 heteroatoms. The van der Waals surface area contributed by atoms with Crippen LogP contribution in [0.4, 0.5) is 0 Å². The van der Waals surface area contributed by atoms with Gasteiger partial charge >= 0.3 is 0 Å². The van der Waals surface area contributed by atoms with Gasteiger partial charge < -0.3 is 0 Å². The van der Waals surface area contributed by atoms with Gasteiger partial charge in [0, 0.05) is 6.20 Å². The molecule has 1 fully saturated rings. The van der Waals surface area contributed by atoms with E-state index in [1.807, 2.05) is 6.07 Å². The number of hydrogen-bond donors (Lipinski definition) is 0. The van der Waals surface area contributed by atoms with Crippen molar-refractivity contribution in [3.05, 3.63) is 29.0 Å². The fourth-order valence-corrected chi connectivity index (χ4v) is 1.85. The summed E-state index contributed by atoms with van der Waals surface area (Å²) in [5.41, 5.74) is 1.81. The number of nitrogens with zero attached hydrogens (tertiary/aromatic N) is 1. The number of pyridine rings is 1. The SMILES string of the molecule is CC1(C)CC1c1ccnc(Cl)c1. The van der Waals surface area contributed by atoms with Crippen molar-refractivity contribution in [3.63, 3.8) is 0 Å². The van der Waals surface area contributed by atoms with E-state index in [-0.39, 0.29) is 0 Å². The van der Waals surface area contributed by atoms with E-state index in [0.717, 1.165) is 0 Å². The minimum atomic E-state index is 0.477. The molecule has 2 rings (SSSR count).